The van der Waals surface area contributed by atoms with Crippen molar-refractivity contribution in [3.05, 3.63) is 24.3 Å². The standard InChI is InChI=1S/C15H20Cl2N2O3S/c1-10(2)19(4)23(21,22)12-7-5-11(6-8-12)18-13(20)14(3)9-15(14,16)17/h5-8,10H,9H2,1-4H3,(H,18,20). The number of amides is 1. The molecule has 8 heteroatoms. The number of benzene rings is 1. The Morgan fingerprint density at radius 1 is 1.26 bits per heavy atom. The van der Waals surface area contributed by atoms with E-state index in [1.165, 1.54) is 23.5 Å². The highest BCUT2D eigenvalue weighted by Gasteiger charge is 2.67. The Kier molecular flexibility index (Phi) is 4.76. The molecule has 1 saturated carbocycles. The van der Waals surface area contributed by atoms with E-state index in [1.54, 1.807) is 32.9 Å². The quantitative estimate of drug-likeness (QED) is 0.799. The molecule has 128 valence electrons. The smallest absolute Gasteiger partial charge is 0.243 e. The van der Waals surface area contributed by atoms with Crippen molar-refractivity contribution >= 4 is 44.8 Å². The summed E-state index contributed by atoms with van der Waals surface area (Å²) in [6.07, 6.45) is 0.389. The third-order valence-corrected chi connectivity index (χ3v) is 7.42. The Bertz CT molecular complexity index is 717. The molecule has 2 rings (SSSR count). The number of nitrogens with one attached hydrogen (secondary N) is 1. The second-order valence-corrected chi connectivity index (χ2v) is 9.79. The van der Waals surface area contributed by atoms with E-state index >= 15 is 0 Å². The number of alkyl halides is 2. The lowest BCUT2D eigenvalue weighted by Crippen LogP contribution is -2.33. The molecule has 1 aromatic rings. The number of carbonyl (C=O) groups excluding carboxylic acids is 1. The van der Waals surface area contributed by atoms with Crippen molar-refractivity contribution in [2.75, 3.05) is 12.4 Å². The SMILES string of the molecule is CC(C)N(C)S(=O)(=O)c1ccc(NC(=O)C2(C)CC2(Cl)Cl)cc1. The van der Waals surface area contributed by atoms with Crippen molar-refractivity contribution in [1.29, 1.82) is 0 Å². The van der Waals surface area contributed by atoms with Crippen LogP contribution in [0.3, 0.4) is 0 Å². The minimum Gasteiger partial charge on any atom is -0.326 e. The maximum Gasteiger partial charge on any atom is 0.243 e. The first-order chi connectivity index (χ1) is 10.4. The first kappa shape index (κ1) is 18.5. The van der Waals surface area contributed by atoms with Gasteiger partial charge in [-0.05, 0) is 51.5 Å². The molecule has 1 aliphatic carbocycles. The Balaban J connectivity index is 2.13. The molecule has 0 bridgehead atoms. The van der Waals surface area contributed by atoms with Gasteiger partial charge in [-0.15, -0.1) is 23.2 Å². The molecule has 23 heavy (non-hydrogen) atoms. The summed E-state index contributed by atoms with van der Waals surface area (Å²) < 4.78 is 25.0. The Morgan fingerprint density at radius 3 is 2.13 bits per heavy atom. The molecule has 1 atom stereocenters. The van der Waals surface area contributed by atoms with Crippen LogP contribution >= 0.6 is 23.2 Å². The summed E-state index contributed by atoms with van der Waals surface area (Å²) in [5.41, 5.74) is -0.322. The number of halogens is 2. The van der Waals surface area contributed by atoms with Gasteiger partial charge in [0, 0.05) is 18.8 Å². The van der Waals surface area contributed by atoms with E-state index in [0.29, 0.717) is 12.1 Å². The maximum absolute atomic E-state index is 12.4. The highest BCUT2D eigenvalue weighted by molar-refractivity contribution is 7.89. The Morgan fingerprint density at radius 2 is 1.74 bits per heavy atom. The minimum atomic E-state index is -3.54. The molecule has 0 spiro atoms. The van der Waals surface area contributed by atoms with Crippen molar-refractivity contribution in [1.82, 2.24) is 4.31 Å². The van der Waals surface area contributed by atoms with Crippen LogP contribution in [0.25, 0.3) is 0 Å². The molecule has 1 fully saturated rings. The topological polar surface area (TPSA) is 66.5 Å². The Labute approximate surface area is 147 Å². The molecule has 0 aromatic heterocycles. The summed E-state index contributed by atoms with van der Waals surface area (Å²) in [4.78, 5) is 12.4. The van der Waals surface area contributed by atoms with Gasteiger partial charge in [0.15, 0.2) is 0 Å². The maximum atomic E-state index is 12.4. The molecule has 1 unspecified atom stereocenters. The average Bonchev–Trinajstić information content (AvgIpc) is 2.98. The van der Waals surface area contributed by atoms with Crippen LogP contribution in [-0.4, -0.2) is 36.1 Å². The molecule has 1 amide bonds. The molecule has 0 saturated heterocycles. The average molecular weight is 379 g/mol. The van der Waals surface area contributed by atoms with Gasteiger partial charge in [0.25, 0.3) is 0 Å². The van der Waals surface area contributed by atoms with Crippen LogP contribution in [0, 0.1) is 5.41 Å². The number of rotatable bonds is 5. The van der Waals surface area contributed by atoms with Gasteiger partial charge in [-0.25, -0.2) is 8.42 Å². The number of hydrogen-bond donors (Lipinski definition) is 1. The zero-order valence-electron chi connectivity index (χ0n) is 13.4. The second-order valence-electron chi connectivity index (χ2n) is 6.31. The highest BCUT2D eigenvalue weighted by Crippen LogP contribution is 2.64. The van der Waals surface area contributed by atoms with Crippen molar-refractivity contribution in [2.24, 2.45) is 5.41 Å². The first-order valence-corrected chi connectivity index (χ1v) is 9.39. The third-order valence-electron chi connectivity index (χ3n) is 4.28. The lowest BCUT2D eigenvalue weighted by Gasteiger charge is -2.21. The summed E-state index contributed by atoms with van der Waals surface area (Å²) >= 11 is 12.0. The molecule has 1 N–H and O–H groups in total. The van der Waals surface area contributed by atoms with Crippen LogP contribution in [0.2, 0.25) is 0 Å². The van der Waals surface area contributed by atoms with Gasteiger partial charge in [0.05, 0.1) is 10.3 Å². The fraction of sp³-hybridized carbons (Fsp3) is 0.533. The van der Waals surface area contributed by atoms with Crippen LogP contribution in [0.5, 0.6) is 0 Å². The van der Waals surface area contributed by atoms with Gasteiger partial charge in [-0.2, -0.15) is 4.31 Å². The second kappa shape index (κ2) is 5.92. The van der Waals surface area contributed by atoms with E-state index in [0.717, 1.165) is 0 Å². The zero-order chi connectivity index (χ0) is 17.6. The molecule has 0 heterocycles. The molecule has 1 aliphatic rings. The summed E-state index contributed by atoms with van der Waals surface area (Å²) in [5, 5.41) is 2.71. The normalized spacial score (nSPS) is 23.1. The number of carbonyl (C=O) groups is 1. The summed E-state index contributed by atoms with van der Waals surface area (Å²) in [5.74, 6) is -0.280. The van der Waals surface area contributed by atoms with Gasteiger partial charge in [0.2, 0.25) is 15.9 Å². The molecular formula is C15H20Cl2N2O3S. The van der Waals surface area contributed by atoms with Crippen LogP contribution in [0.4, 0.5) is 5.69 Å². The molecule has 5 nitrogen and oxygen atoms in total. The largest absolute Gasteiger partial charge is 0.326 e. The first-order valence-electron chi connectivity index (χ1n) is 7.19. The van der Waals surface area contributed by atoms with Crippen LogP contribution in [0.1, 0.15) is 27.2 Å². The molecule has 0 aliphatic heterocycles. The predicted molar refractivity (Wildman–Crippen MR) is 92.3 cm³/mol. The van der Waals surface area contributed by atoms with Crippen LogP contribution in [0.15, 0.2) is 29.2 Å². The van der Waals surface area contributed by atoms with E-state index in [4.69, 9.17) is 23.2 Å². The number of hydrogen-bond acceptors (Lipinski definition) is 3. The highest BCUT2D eigenvalue weighted by atomic mass is 35.5. The van der Waals surface area contributed by atoms with E-state index in [-0.39, 0.29) is 16.8 Å². The minimum absolute atomic E-state index is 0.144. The molecule has 0 radical (unpaired) electrons. The fourth-order valence-corrected chi connectivity index (χ4v) is 4.14. The van der Waals surface area contributed by atoms with Gasteiger partial charge in [-0.3, -0.25) is 4.79 Å². The van der Waals surface area contributed by atoms with Crippen molar-refractivity contribution in [2.45, 2.75) is 42.5 Å². The number of anilines is 1. The molecular weight excluding hydrogens is 359 g/mol. The zero-order valence-corrected chi connectivity index (χ0v) is 15.8. The van der Waals surface area contributed by atoms with Gasteiger partial charge >= 0.3 is 0 Å². The van der Waals surface area contributed by atoms with E-state index in [2.05, 4.69) is 5.32 Å². The lowest BCUT2D eigenvalue weighted by molar-refractivity contribution is -0.120. The van der Waals surface area contributed by atoms with Crippen molar-refractivity contribution in [3.8, 4) is 0 Å². The number of sulfonamides is 1. The van der Waals surface area contributed by atoms with Gasteiger partial charge in [-0.1, -0.05) is 0 Å². The lowest BCUT2D eigenvalue weighted by atomic mass is 10.1. The fourth-order valence-electron chi connectivity index (χ4n) is 2.07. The van der Waals surface area contributed by atoms with E-state index in [9.17, 15) is 13.2 Å². The van der Waals surface area contributed by atoms with Gasteiger partial charge < -0.3 is 5.32 Å². The van der Waals surface area contributed by atoms with E-state index in [1.807, 2.05) is 0 Å². The van der Waals surface area contributed by atoms with Crippen molar-refractivity contribution in [3.63, 3.8) is 0 Å². The summed E-state index contributed by atoms with van der Waals surface area (Å²) in [6, 6.07) is 5.89. The van der Waals surface area contributed by atoms with Gasteiger partial charge in [0.1, 0.15) is 4.33 Å². The summed E-state index contributed by atoms with van der Waals surface area (Å²) in [6.45, 7) is 5.29. The monoisotopic (exact) mass is 378 g/mol. The van der Waals surface area contributed by atoms with Crippen LogP contribution in [-0.2, 0) is 14.8 Å². The molecule has 1 aromatic carbocycles. The van der Waals surface area contributed by atoms with Crippen LogP contribution < -0.4 is 5.32 Å². The van der Waals surface area contributed by atoms with E-state index < -0.39 is 19.8 Å². The summed E-state index contributed by atoms with van der Waals surface area (Å²) in [7, 11) is -2.01. The third kappa shape index (κ3) is 3.36. The van der Waals surface area contributed by atoms with Crippen molar-refractivity contribution < 1.29 is 13.2 Å². The number of nitrogens with zero attached hydrogens (tertiary/aromatic N) is 1. The Hall–Kier alpha value is -0.820. The predicted octanol–water partition coefficient (Wildman–Crippen LogP) is 3.24.